The molecule has 1 aliphatic heterocycles. The van der Waals surface area contributed by atoms with E-state index in [1.54, 1.807) is 18.2 Å². The molecule has 0 aliphatic carbocycles. The maximum absolute atomic E-state index is 13.3. The molecule has 5 heteroatoms. The highest BCUT2D eigenvalue weighted by Crippen LogP contribution is 2.19. The monoisotopic (exact) mass is 406 g/mol. The molecule has 2 aromatic carbocycles. The van der Waals surface area contributed by atoms with E-state index in [2.05, 4.69) is 17.0 Å². The zero-order valence-corrected chi connectivity index (χ0v) is 17.1. The van der Waals surface area contributed by atoms with Crippen LogP contribution in [0, 0.1) is 5.82 Å². The number of carbonyl (C=O) groups is 1. The van der Waals surface area contributed by atoms with Gasteiger partial charge in [-0.1, -0.05) is 42.5 Å². The van der Waals surface area contributed by atoms with Crippen LogP contribution in [0.15, 0.2) is 71.1 Å². The summed E-state index contributed by atoms with van der Waals surface area (Å²) < 4.78 is 19.2. The average molecular weight is 407 g/mol. The number of hydrogen-bond acceptors (Lipinski definition) is 3. The van der Waals surface area contributed by atoms with Crippen molar-refractivity contribution in [3.8, 4) is 0 Å². The molecule has 3 aromatic rings. The summed E-state index contributed by atoms with van der Waals surface area (Å²) in [6, 6.07) is 20.5. The van der Waals surface area contributed by atoms with E-state index in [0.717, 1.165) is 43.8 Å². The third-order valence-electron chi connectivity index (χ3n) is 5.46. The van der Waals surface area contributed by atoms with Crippen molar-refractivity contribution in [3.63, 3.8) is 0 Å². The first-order valence-electron chi connectivity index (χ1n) is 10.6. The highest BCUT2D eigenvalue weighted by Gasteiger charge is 2.21. The Labute approximate surface area is 176 Å². The van der Waals surface area contributed by atoms with Crippen LogP contribution in [0.5, 0.6) is 0 Å². The Kier molecular flexibility index (Phi) is 6.60. The molecule has 2 heterocycles. The smallest absolute Gasteiger partial charge is 0.289 e. The molecule has 0 saturated carbocycles. The van der Waals surface area contributed by atoms with E-state index in [1.807, 2.05) is 29.2 Å². The van der Waals surface area contributed by atoms with E-state index in [4.69, 9.17) is 4.42 Å². The molecule has 4 rings (SSSR count). The highest BCUT2D eigenvalue weighted by atomic mass is 19.1. The van der Waals surface area contributed by atoms with Crippen LogP contribution in [0.25, 0.3) is 0 Å². The molecule has 0 atom stereocenters. The lowest BCUT2D eigenvalue weighted by molar-refractivity contribution is 0.0687. The second-order valence-corrected chi connectivity index (χ2v) is 7.88. The van der Waals surface area contributed by atoms with Gasteiger partial charge in [-0.05, 0) is 54.7 Å². The summed E-state index contributed by atoms with van der Waals surface area (Å²) in [5.74, 6) is 0.913. The fourth-order valence-electron chi connectivity index (χ4n) is 3.91. The zero-order chi connectivity index (χ0) is 20.8. The third-order valence-corrected chi connectivity index (χ3v) is 5.46. The summed E-state index contributed by atoms with van der Waals surface area (Å²) in [7, 11) is 0. The molecule has 1 saturated heterocycles. The van der Waals surface area contributed by atoms with Crippen molar-refractivity contribution in [1.82, 2.24) is 9.80 Å². The number of rotatable bonds is 7. The standard InChI is InChI=1S/C25H27FN2O2/c26-22-11-9-21(10-12-22)18-27(17-20-7-3-1-4-8-20)19-23-13-14-24(30-23)25(29)28-15-5-2-6-16-28/h1,3-4,7-14H,2,5-6,15-19H2. The molecule has 0 spiro atoms. The number of nitrogens with zero attached hydrogens (tertiary/aromatic N) is 2. The average Bonchev–Trinajstić information content (AvgIpc) is 3.24. The molecule has 156 valence electrons. The maximum atomic E-state index is 13.3. The van der Waals surface area contributed by atoms with Gasteiger partial charge in [0.15, 0.2) is 5.76 Å². The van der Waals surface area contributed by atoms with Gasteiger partial charge in [0.2, 0.25) is 0 Å². The summed E-state index contributed by atoms with van der Waals surface area (Å²) in [6.45, 7) is 3.57. The quantitative estimate of drug-likeness (QED) is 0.538. The molecule has 1 amide bonds. The van der Waals surface area contributed by atoms with Gasteiger partial charge < -0.3 is 9.32 Å². The Hall–Kier alpha value is -2.92. The van der Waals surface area contributed by atoms with Crippen LogP contribution in [0.1, 0.15) is 46.7 Å². The zero-order valence-electron chi connectivity index (χ0n) is 17.1. The van der Waals surface area contributed by atoms with Gasteiger partial charge in [-0.2, -0.15) is 0 Å². The SMILES string of the molecule is O=C(c1ccc(CN(Cc2ccccc2)Cc2ccc(F)cc2)o1)N1CCCCC1. The Morgan fingerprint density at radius 3 is 2.20 bits per heavy atom. The Morgan fingerprint density at radius 2 is 1.50 bits per heavy atom. The molecule has 1 fully saturated rings. The van der Waals surface area contributed by atoms with Crippen molar-refractivity contribution in [2.45, 2.75) is 38.9 Å². The molecule has 4 nitrogen and oxygen atoms in total. The largest absolute Gasteiger partial charge is 0.455 e. The van der Waals surface area contributed by atoms with Gasteiger partial charge >= 0.3 is 0 Å². The summed E-state index contributed by atoms with van der Waals surface area (Å²) in [5.41, 5.74) is 2.22. The minimum atomic E-state index is -0.236. The molecular formula is C25H27FN2O2. The van der Waals surface area contributed by atoms with Gasteiger partial charge in [0.25, 0.3) is 5.91 Å². The number of benzene rings is 2. The lowest BCUT2D eigenvalue weighted by atomic mass is 10.1. The third kappa shape index (κ3) is 5.36. The number of hydrogen-bond donors (Lipinski definition) is 0. The summed E-state index contributed by atoms with van der Waals surface area (Å²) in [4.78, 5) is 16.8. The van der Waals surface area contributed by atoms with E-state index >= 15 is 0 Å². The molecule has 1 aromatic heterocycles. The topological polar surface area (TPSA) is 36.7 Å². The molecule has 0 N–H and O–H groups in total. The van der Waals surface area contributed by atoms with Gasteiger partial charge in [0, 0.05) is 26.2 Å². The fraction of sp³-hybridized carbons (Fsp3) is 0.320. The van der Waals surface area contributed by atoms with Gasteiger partial charge in [0.1, 0.15) is 11.6 Å². The lowest BCUT2D eigenvalue weighted by Gasteiger charge is -2.25. The van der Waals surface area contributed by atoms with Crippen molar-refractivity contribution >= 4 is 5.91 Å². The molecule has 0 unspecified atom stereocenters. The normalized spacial score (nSPS) is 14.3. The Morgan fingerprint density at radius 1 is 0.833 bits per heavy atom. The van der Waals surface area contributed by atoms with Crippen molar-refractivity contribution in [2.24, 2.45) is 0 Å². The summed E-state index contributed by atoms with van der Waals surface area (Å²) in [5, 5.41) is 0. The van der Waals surface area contributed by atoms with Crippen LogP contribution in [0.3, 0.4) is 0 Å². The number of likely N-dealkylation sites (tertiary alicyclic amines) is 1. The van der Waals surface area contributed by atoms with Crippen molar-refractivity contribution in [1.29, 1.82) is 0 Å². The van der Waals surface area contributed by atoms with Crippen LogP contribution in [-0.4, -0.2) is 28.8 Å². The van der Waals surface area contributed by atoms with Crippen molar-refractivity contribution in [3.05, 3.63) is 95.2 Å². The van der Waals surface area contributed by atoms with Crippen LogP contribution in [0.4, 0.5) is 4.39 Å². The Balaban J connectivity index is 1.47. The van der Waals surface area contributed by atoms with Gasteiger partial charge in [-0.3, -0.25) is 9.69 Å². The maximum Gasteiger partial charge on any atom is 0.289 e. The number of furan rings is 1. The lowest BCUT2D eigenvalue weighted by Crippen LogP contribution is -2.35. The van der Waals surface area contributed by atoms with Crippen LogP contribution in [0.2, 0.25) is 0 Å². The van der Waals surface area contributed by atoms with Gasteiger partial charge in [-0.25, -0.2) is 4.39 Å². The molecule has 0 radical (unpaired) electrons. The number of amides is 1. The highest BCUT2D eigenvalue weighted by molar-refractivity contribution is 5.91. The second kappa shape index (κ2) is 9.72. The van der Waals surface area contributed by atoms with Crippen LogP contribution in [-0.2, 0) is 19.6 Å². The van der Waals surface area contributed by atoms with E-state index in [1.165, 1.54) is 24.1 Å². The first-order valence-corrected chi connectivity index (χ1v) is 10.6. The molecule has 1 aliphatic rings. The first kappa shape index (κ1) is 20.4. The summed E-state index contributed by atoms with van der Waals surface area (Å²) >= 11 is 0. The first-order chi connectivity index (χ1) is 14.7. The fourth-order valence-corrected chi connectivity index (χ4v) is 3.91. The van der Waals surface area contributed by atoms with Gasteiger partial charge in [0.05, 0.1) is 6.54 Å². The van der Waals surface area contributed by atoms with E-state index in [-0.39, 0.29) is 11.7 Å². The number of carbonyl (C=O) groups excluding carboxylic acids is 1. The van der Waals surface area contributed by atoms with Gasteiger partial charge in [-0.15, -0.1) is 0 Å². The predicted molar refractivity (Wildman–Crippen MR) is 114 cm³/mol. The molecular weight excluding hydrogens is 379 g/mol. The van der Waals surface area contributed by atoms with Crippen LogP contribution < -0.4 is 0 Å². The Bertz CT molecular complexity index is 947. The van der Waals surface area contributed by atoms with E-state index in [9.17, 15) is 9.18 Å². The van der Waals surface area contributed by atoms with Crippen molar-refractivity contribution < 1.29 is 13.6 Å². The molecule has 30 heavy (non-hydrogen) atoms. The molecule has 0 bridgehead atoms. The van der Waals surface area contributed by atoms with Crippen molar-refractivity contribution in [2.75, 3.05) is 13.1 Å². The van der Waals surface area contributed by atoms with Crippen LogP contribution >= 0.6 is 0 Å². The van der Waals surface area contributed by atoms with E-state index in [0.29, 0.717) is 18.8 Å². The number of piperidine rings is 1. The van der Waals surface area contributed by atoms with E-state index < -0.39 is 0 Å². The number of halogens is 1. The second-order valence-electron chi connectivity index (χ2n) is 7.88. The predicted octanol–water partition coefficient (Wildman–Crippen LogP) is 5.25. The minimum absolute atomic E-state index is 0.0194. The summed E-state index contributed by atoms with van der Waals surface area (Å²) in [6.07, 6.45) is 3.30. The minimum Gasteiger partial charge on any atom is -0.455 e.